The van der Waals surface area contributed by atoms with E-state index in [0.717, 1.165) is 50.9 Å². The van der Waals surface area contributed by atoms with Gasteiger partial charge in [-0.25, -0.2) is 0 Å². The zero-order valence-electron chi connectivity index (χ0n) is 18.2. The maximum Gasteiger partial charge on any atom is 0.308 e. The summed E-state index contributed by atoms with van der Waals surface area (Å²) in [6.45, 7) is 8.25. The molecule has 2 fully saturated rings. The summed E-state index contributed by atoms with van der Waals surface area (Å²) < 4.78 is 4.87. The highest BCUT2D eigenvalue weighted by Gasteiger charge is 2.26. The van der Waals surface area contributed by atoms with Crippen molar-refractivity contribution in [3.8, 4) is 0 Å². The first-order valence-electron chi connectivity index (χ1n) is 10.9. The topological polar surface area (TPSA) is 57.2 Å². The van der Waals surface area contributed by atoms with Crippen molar-refractivity contribution < 1.29 is 9.53 Å². The molecule has 0 atom stereocenters. The number of methoxy groups -OCH3 is 1. The molecule has 6 heteroatoms. The second kappa shape index (κ2) is 10.6. The number of guanidine groups is 1. The zero-order chi connectivity index (χ0) is 20.6. The molecule has 0 bridgehead atoms. The van der Waals surface area contributed by atoms with E-state index in [2.05, 4.69) is 51.3 Å². The number of carbonyl (C=O) groups is 1. The molecule has 0 saturated carbocycles. The molecule has 0 aliphatic carbocycles. The molecular formula is C23H36N4O2. The van der Waals surface area contributed by atoms with E-state index >= 15 is 0 Å². The molecule has 2 aliphatic rings. The predicted molar refractivity (Wildman–Crippen MR) is 117 cm³/mol. The molecule has 1 aromatic carbocycles. The summed E-state index contributed by atoms with van der Waals surface area (Å²) in [6.07, 6.45) is 4.27. The van der Waals surface area contributed by atoms with Gasteiger partial charge in [-0.1, -0.05) is 31.2 Å². The highest BCUT2D eigenvalue weighted by Crippen LogP contribution is 2.19. The molecule has 2 heterocycles. The van der Waals surface area contributed by atoms with Gasteiger partial charge in [0.15, 0.2) is 5.96 Å². The van der Waals surface area contributed by atoms with E-state index in [-0.39, 0.29) is 11.9 Å². The monoisotopic (exact) mass is 400 g/mol. The summed E-state index contributed by atoms with van der Waals surface area (Å²) in [5, 5.41) is 3.47. The molecule has 0 aromatic heterocycles. The van der Waals surface area contributed by atoms with E-state index in [1.54, 1.807) is 0 Å². The minimum Gasteiger partial charge on any atom is -0.469 e. The SMILES string of the molecule is CN=C(NCc1ccc(CN2CCC(C)CC2)cc1)N1CCC(C(=O)OC)CC1. The lowest BCUT2D eigenvalue weighted by atomic mass is 9.97. The minimum absolute atomic E-state index is 0.0185. The fourth-order valence-corrected chi connectivity index (χ4v) is 4.25. The van der Waals surface area contributed by atoms with Gasteiger partial charge in [-0.2, -0.15) is 0 Å². The third-order valence-electron chi connectivity index (χ3n) is 6.30. The summed E-state index contributed by atoms with van der Waals surface area (Å²) in [6, 6.07) is 8.93. The number of nitrogens with one attached hydrogen (secondary N) is 1. The molecule has 1 aromatic rings. The lowest BCUT2D eigenvalue weighted by Gasteiger charge is -2.33. The third kappa shape index (κ3) is 6.20. The maximum absolute atomic E-state index is 11.7. The van der Waals surface area contributed by atoms with Gasteiger partial charge < -0.3 is 15.0 Å². The Morgan fingerprint density at radius 1 is 1.07 bits per heavy atom. The molecule has 2 aliphatic heterocycles. The van der Waals surface area contributed by atoms with Crippen LogP contribution < -0.4 is 5.32 Å². The van der Waals surface area contributed by atoms with Crippen LogP contribution in [0.15, 0.2) is 29.3 Å². The van der Waals surface area contributed by atoms with E-state index in [1.165, 1.54) is 44.2 Å². The molecule has 0 unspecified atom stereocenters. The fourth-order valence-electron chi connectivity index (χ4n) is 4.25. The van der Waals surface area contributed by atoms with Crippen molar-refractivity contribution in [1.82, 2.24) is 15.1 Å². The molecule has 0 spiro atoms. The van der Waals surface area contributed by atoms with E-state index in [9.17, 15) is 4.79 Å². The molecule has 6 nitrogen and oxygen atoms in total. The highest BCUT2D eigenvalue weighted by atomic mass is 16.5. The van der Waals surface area contributed by atoms with Crippen molar-refractivity contribution in [2.24, 2.45) is 16.8 Å². The predicted octanol–water partition coefficient (Wildman–Crippen LogP) is 2.88. The normalized spacial score (nSPS) is 20.0. The van der Waals surface area contributed by atoms with Crippen LogP contribution in [0.1, 0.15) is 43.7 Å². The van der Waals surface area contributed by atoms with Crippen LogP contribution in [0.3, 0.4) is 0 Å². The van der Waals surface area contributed by atoms with Crippen molar-refractivity contribution in [2.75, 3.05) is 40.3 Å². The Morgan fingerprint density at radius 2 is 1.69 bits per heavy atom. The van der Waals surface area contributed by atoms with Crippen LogP contribution in [0, 0.1) is 11.8 Å². The Morgan fingerprint density at radius 3 is 2.28 bits per heavy atom. The van der Waals surface area contributed by atoms with Crippen molar-refractivity contribution in [1.29, 1.82) is 0 Å². The van der Waals surface area contributed by atoms with Crippen molar-refractivity contribution in [3.05, 3.63) is 35.4 Å². The second-order valence-electron chi connectivity index (χ2n) is 8.46. The van der Waals surface area contributed by atoms with E-state index in [1.807, 2.05) is 7.05 Å². The first-order valence-corrected chi connectivity index (χ1v) is 10.9. The van der Waals surface area contributed by atoms with Gasteiger partial charge >= 0.3 is 5.97 Å². The van der Waals surface area contributed by atoms with Crippen LogP contribution in [0.2, 0.25) is 0 Å². The van der Waals surface area contributed by atoms with Gasteiger partial charge in [0.1, 0.15) is 0 Å². The van der Waals surface area contributed by atoms with Crippen molar-refractivity contribution in [3.63, 3.8) is 0 Å². The van der Waals surface area contributed by atoms with Gasteiger partial charge in [0.2, 0.25) is 0 Å². The van der Waals surface area contributed by atoms with E-state index in [4.69, 9.17) is 4.74 Å². The standard InChI is InChI=1S/C23H36N4O2/c1-18-8-12-26(13-9-18)17-20-6-4-19(5-7-20)16-25-23(24-2)27-14-10-21(11-15-27)22(28)29-3/h4-7,18,21H,8-17H2,1-3H3,(H,24,25). The fraction of sp³-hybridized carbons (Fsp3) is 0.652. The lowest BCUT2D eigenvalue weighted by Crippen LogP contribution is -2.46. The van der Waals surface area contributed by atoms with Crippen LogP contribution in [-0.2, 0) is 22.6 Å². The quantitative estimate of drug-likeness (QED) is 0.468. The Kier molecular flexibility index (Phi) is 7.92. The molecular weight excluding hydrogens is 364 g/mol. The largest absolute Gasteiger partial charge is 0.469 e. The lowest BCUT2D eigenvalue weighted by molar-refractivity contribution is -0.146. The average Bonchev–Trinajstić information content (AvgIpc) is 2.77. The Labute approximate surface area is 175 Å². The number of benzene rings is 1. The van der Waals surface area contributed by atoms with Gasteiger partial charge in [0.25, 0.3) is 0 Å². The number of ether oxygens (including phenoxy) is 1. The summed E-state index contributed by atoms with van der Waals surface area (Å²) in [7, 11) is 3.28. The average molecular weight is 401 g/mol. The third-order valence-corrected chi connectivity index (χ3v) is 6.30. The molecule has 29 heavy (non-hydrogen) atoms. The molecule has 1 N–H and O–H groups in total. The van der Waals surface area contributed by atoms with Gasteiger partial charge in [-0.15, -0.1) is 0 Å². The maximum atomic E-state index is 11.7. The number of piperidine rings is 2. The van der Waals surface area contributed by atoms with Crippen LogP contribution in [0.4, 0.5) is 0 Å². The number of rotatable bonds is 5. The zero-order valence-corrected chi connectivity index (χ0v) is 18.2. The van der Waals surface area contributed by atoms with E-state index < -0.39 is 0 Å². The molecule has 0 radical (unpaired) electrons. The Balaban J connectivity index is 1.44. The van der Waals surface area contributed by atoms with Gasteiger partial charge in [0.05, 0.1) is 13.0 Å². The molecule has 3 rings (SSSR count). The Hall–Kier alpha value is -2.08. The summed E-state index contributed by atoms with van der Waals surface area (Å²) in [5.74, 6) is 1.71. The molecule has 160 valence electrons. The number of nitrogens with zero attached hydrogens (tertiary/aromatic N) is 3. The number of carbonyl (C=O) groups excluding carboxylic acids is 1. The minimum atomic E-state index is -0.0910. The number of aliphatic imine (C=N–C) groups is 1. The van der Waals surface area contributed by atoms with Crippen LogP contribution >= 0.6 is 0 Å². The number of esters is 1. The Bertz CT molecular complexity index is 673. The van der Waals surface area contributed by atoms with Gasteiger partial charge in [0, 0.05) is 33.2 Å². The highest BCUT2D eigenvalue weighted by molar-refractivity contribution is 5.80. The summed E-state index contributed by atoms with van der Waals surface area (Å²) >= 11 is 0. The molecule has 0 amide bonds. The van der Waals surface area contributed by atoms with E-state index in [0.29, 0.717) is 0 Å². The second-order valence-corrected chi connectivity index (χ2v) is 8.46. The number of likely N-dealkylation sites (tertiary alicyclic amines) is 2. The first-order chi connectivity index (χ1) is 14.1. The van der Waals surface area contributed by atoms with Crippen molar-refractivity contribution >= 4 is 11.9 Å². The molecule has 2 saturated heterocycles. The van der Waals surface area contributed by atoms with Gasteiger partial charge in [-0.05, 0) is 55.8 Å². The van der Waals surface area contributed by atoms with Crippen LogP contribution in [0.25, 0.3) is 0 Å². The smallest absolute Gasteiger partial charge is 0.308 e. The summed E-state index contributed by atoms with van der Waals surface area (Å²) in [5.41, 5.74) is 2.64. The number of hydrogen-bond donors (Lipinski definition) is 1. The van der Waals surface area contributed by atoms with Gasteiger partial charge in [-0.3, -0.25) is 14.7 Å². The van der Waals surface area contributed by atoms with Crippen LogP contribution in [-0.4, -0.2) is 62.1 Å². The van der Waals surface area contributed by atoms with Crippen molar-refractivity contribution in [2.45, 2.75) is 45.7 Å². The summed E-state index contributed by atoms with van der Waals surface area (Å²) in [4.78, 5) is 20.9. The van der Waals surface area contributed by atoms with Crippen LogP contribution in [0.5, 0.6) is 0 Å². The first kappa shape index (κ1) is 21.6. The number of hydrogen-bond acceptors (Lipinski definition) is 4.